The first-order valence-electron chi connectivity index (χ1n) is 5.55. The topological polar surface area (TPSA) is 43.4 Å². The largest absolute Gasteiger partial charge is 0.426 e. The van der Waals surface area contributed by atoms with Crippen LogP contribution in [0.15, 0.2) is 18.2 Å². The van der Waals surface area contributed by atoms with E-state index in [2.05, 4.69) is 0 Å². The van der Waals surface area contributed by atoms with E-state index in [1.54, 1.807) is 18.2 Å². The van der Waals surface area contributed by atoms with Crippen molar-refractivity contribution in [2.75, 3.05) is 0 Å². The number of carbonyl (C=O) groups is 2. The Kier molecular flexibility index (Phi) is 3.71. The van der Waals surface area contributed by atoms with Crippen LogP contribution in [0.4, 0.5) is 0 Å². The van der Waals surface area contributed by atoms with Crippen molar-refractivity contribution >= 4 is 11.8 Å². The second-order valence-electron chi connectivity index (χ2n) is 5.11. The van der Waals surface area contributed by atoms with Gasteiger partial charge in [0, 0.05) is 18.1 Å². The molecule has 0 aliphatic rings. The summed E-state index contributed by atoms with van der Waals surface area (Å²) in [5.41, 5.74) is 1.31. The standard InChI is InChI=1S/C14H18O3/c1-9(15)11-6-7-13(17-10(2)16)12(8-11)14(3,4)5/h6-8H,1-5H3. The molecule has 0 amide bonds. The van der Waals surface area contributed by atoms with E-state index in [0.29, 0.717) is 11.3 Å². The lowest BCUT2D eigenvalue weighted by atomic mass is 9.85. The SMILES string of the molecule is CC(=O)Oc1ccc(C(C)=O)cc1C(C)(C)C. The normalized spacial score (nSPS) is 11.1. The van der Waals surface area contributed by atoms with Gasteiger partial charge in [-0.25, -0.2) is 0 Å². The highest BCUT2D eigenvalue weighted by Gasteiger charge is 2.21. The summed E-state index contributed by atoms with van der Waals surface area (Å²) in [7, 11) is 0. The van der Waals surface area contributed by atoms with E-state index in [-0.39, 0.29) is 17.2 Å². The van der Waals surface area contributed by atoms with Crippen molar-refractivity contribution in [1.82, 2.24) is 0 Å². The van der Waals surface area contributed by atoms with E-state index < -0.39 is 0 Å². The summed E-state index contributed by atoms with van der Waals surface area (Å²) < 4.78 is 5.16. The highest BCUT2D eigenvalue weighted by molar-refractivity contribution is 5.94. The van der Waals surface area contributed by atoms with Crippen LogP contribution in [0, 0.1) is 0 Å². The van der Waals surface area contributed by atoms with E-state index in [0.717, 1.165) is 5.56 Å². The van der Waals surface area contributed by atoms with Gasteiger partial charge in [-0.2, -0.15) is 0 Å². The Morgan fingerprint density at radius 1 is 1.12 bits per heavy atom. The number of esters is 1. The molecular weight excluding hydrogens is 216 g/mol. The fourth-order valence-corrected chi connectivity index (χ4v) is 1.58. The Hall–Kier alpha value is -1.64. The molecule has 0 unspecified atom stereocenters. The van der Waals surface area contributed by atoms with Gasteiger partial charge >= 0.3 is 5.97 Å². The van der Waals surface area contributed by atoms with Gasteiger partial charge in [-0.3, -0.25) is 9.59 Å². The van der Waals surface area contributed by atoms with E-state index >= 15 is 0 Å². The molecule has 3 nitrogen and oxygen atoms in total. The molecule has 0 aromatic heterocycles. The smallest absolute Gasteiger partial charge is 0.308 e. The molecule has 92 valence electrons. The minimum atomic E-state index is -0.355. The molecule has 1 aromatic rings. The van der Waals surface area contributed by atoms with Crippen LogP contribution in [0.1, 0.15) is 50.5 Å². The highest BCUT2D eigenvalue weighted by atomic mass is 16.5. The summed E-state index contributed by atoms with van der Waals surface area (Å²) in [6.07, 6.45) is 0. The third-order valence-electron chi connectivity index (χ3n) is 2.45. The maximum absolute atomic E-state index is 11.4. The Labute approximate surface area is 102 Å². The van der Waals surface area contributed by atoms with Crippen LogP contribution < -0.4 is 4.74 Å². The minimum absolute atomic E-state index is 0.00451. The number of hydrogen-bond donors (Lipinski definition) is 0. The first-order valence-corrected chi connectivity index (χ1v) is 5.55. The number of carbonyl (C=O) groups excluding carboxylic acids is 2. The summed E-state index contributed by atoms with van der Waals surface area (Å²) in [6.45, 7) is 8.93. The van der Waals surface area contributed by atoms with Crippen molar-refractivity contribution in [3.05, 3.63) is 29.3 Å². The number of benzene rings is 1. The monoisotopic (exact) mass is 234 g/mol. The first kappa shape index (κ1) is 13.4. The molecule has 1 aromatic carbocycles. The Bertz CT molecular complexity index is 453. The van der Waals surface area contributed by atoms with Gasteiger partial charge in [0.05, 0.1) is 0 Å². The van der Waals surface area contributed by atoms with Gasteiger partial charge in [0.1, 0.15) is 5.75 Å². The Morgan fingerprint density at radius 3 is 2.12 bits per heavy atom. The fraction of sp³-hybridized carbons (Fsp3) is 0.429. The summed E-state index contributed by atoms with van der Waals surface area (Å²) >= 11 is 0. The molecule has 0 radical (unpaired) electrons. The van der Waals surface area contributed by atoms with Crippen molar-refractivity contribution in [2.45, 2.75) is 40.0 Å². The van der Waals surface area contributed by atoms with Crippen LogP contribution in [-0.4, -0.2) is 11.8 Å². The zero-order chi connectivity index (χ0) is 13.2. The molecular formula is C14H18O3. The number of hydrogen-bond acceptors (Lipinski definition) is 3. The second kappa shape index (κ2) is 4.70. The van der Waals surface area contributed by atoms with Crippen molar-refractivity contribution in [1.29, 1.82) is 0 Å². The summed E-state index contributed by atoms with van der Waals surface area (Å²) in [5, 5.41) is 0. The number of ether oxygens (including phenoxy) is 1. The Balaban J connectivity index is 3.31. The van der Waals surface area contributed by atoms with Gasteiger partial charge in [-0.1, -0.05) is 20.8 Å². The van der Waals surface area contributed by atoms with Gasteiger partial charge < -0.3 is 4.74 Å². The molecule has 0 saturated carbocycles. The second-order valence-corrected chi connectivity index (χ2v) is 5.11. The number of ketones is 1. The van der Waals surface area contributed by atoms with Crippen molar-refractivity contribution in [2.24, 2.45) is 0 Å². The molecule has 0 atom stereocenters. The van der Waals surface area contributed by atoms with Crippen molar-refractivity contribution in [3.8, 4) is 5.75 Å². The van der Waals surface area contributed by atoms with Crippen molar-refractivity contribution < 1.29 is 14.3 Å². The molecule has 0 aliphatic heterocycles. The van der Waals surface area contributed by atoms with E-state index in [9.17, 15) is 9.59 Å². The quantitative estimate of drug-likeness (QED) is 0.448. The average molecular weight is 234 g/mol. The molecule has 3 heteroatoms. The Morgan fingerprint density at radius 2 is 1.71 bits per heavy atom. The summed E-state index contributed by atoms with van der Waals surface area (Å²) in [5.74, 6) is 0.172. The van der Waals surface area contributed by atoms with Gasteiger partial charge in [-0.15, -0.1) is 0 Å². The molecule has 0 spiro atoms. The molecule has 0 fully saturated rings. The molecule has 0 saturated heterocycles. The van der Waals surface area contributed by atoms with Crippen LogP contribution in [0.5, 0.6) is 5.75 Å². The van der Waals surface area contributed by atoms with E-state index in [1.807, 2.05) is 20.8 Å². The molecule has 17 heavy (non-hydrogen) atoms. The predicted octanol–water partition coefficient (Wildman–Crippen LogP) is 3.11. The first-order chi connectivity index (χ1) is 7.71. The van der Waals surface area contributed by atoms with Crippen LogP contribution in [0.25, 0.3) is 0 Å². The van der Waals surface area contributed by atoms with Gasteiger partial charge in [0.2, 0.25) is 0 Å². The predicted molar refractivity (Wildman–Crippen MR) is 66.5 cm³/mol. The maximum Gasteiger partial charge on any atom is 0.308 e. The zero-order valence-corrected chi connectivity index (χ0v) is 11.0. The average Bonchev–Trinajstić information content (AvgIpc) is 2.15. The lowest BCUT2D eigenvalue weighted by molar-refractivity contribution is -0.131. The summed E-state index contributed by atoms with van der Waals surface area (Å²) in [6, 6.07) is 5.15. The molecule has 1 rings (SSSR count). The molecule has 0 bridgehead atoms. The third-order valence-corrected chi connectivity index (χ3v) is 2.45. The fourth-order valence-electron chi connectivity index (χ4n) is 1.58. The maximum atomic E-state index is 11.4. The highest BCUT2D eigenvalue weighted by Crippen LogP contribution is 2.32. The van der Waals surface area contributed by atoms with Crippen LogP contribution in [0.3, 0.4) is 0 Å². The van der Waals surface area contributed by atoms with Crippen LogP contribution >= 0.6 is 0 Å². The van der Waals surface area contributed by atoms with Crippen LogP contribution in [-0.2, 0) is 10.2 Å². The van der Waals surface area contributed by atoms with Gasteiger partial charge in [-0.05, 0) is 30.5 Å². The lowest BCUT2D eigenvalue weighted by Gasteiger charge is -2.22. The number of Topliss-reactive ketones (excluding diaryl/α,β-unsaturated/α-hetero) is 1. The van der Waals surface area contributed by atoms with E-state index in [1.165, 1.54) is 13.8 Å². The van der Waals surface area contributed by atoms with E-state index in [4.69, 9.17) is 4.74 Å². The summed E-state index contributed by atoms with van der Waals surface area (Å²) in [4.78, 5) is 22.4. The number of rotatable bonds is 2. The zero-order valence-electron chi connectivity index (χ0n) is 11.0. The third kappa shape index (κ3) is 3.41. The van der Waals surface area contributed by atoms with Gasteiger partial charge in [0.15, 0.2) is 5.78 Å². The minimum Gasteiger partial charge on any atom is -0.426 e. The molecule has 0 N–H and O–H groups in total. The molecule has 0 aliphatic carbocycles. The molecule has 0 heterocycles. The van der Waals surface area contributed by atoms with Crippen molar-refractivity contribution in [3.63, 3.8) is 0 Å². The van der Waals surface area contributed by atoms with Gasteiger partial charge in [0.25, 0.3) is 0 Å². The van der Waals surface area contributed by atoms with Crippen LogP contribution in [0.2, 0.25) is 0 Å². The lowest BCUT2D eigenvalue weighted by Crippen LogP contribution is -2.16.